The fourth-order valence-electron chi connectivity index (χ4n) is 1.33. The van der Waals surface area contributed by atoms with E-state index in [4.69, 9.17) is 5.11 Å². The van der Waals surface area contributed by atoms with Crippen LogP contribution >= 0.6 is 0 Å². The molecule has 1 heterocycles. The molecule has 20 heavy (non-hydrogen) atoms. The second-order valence-electron chi connectivity index (χ2n) is 4.04. The van der Waals surface area contributed by atoms with Crippen LogP contribution in [0.15, 0.2) is 18.3 Å². The molecule has 8 nitrogen and oxygen atoms in total. The second kappa shape index (κ2) is 7.07. The number of nitrogens with zero attached hydrogens (tertiary/aromatic N) is 2. The molecule has 0 saturated carbocycles. The highest BCUT2D eigenvalue weighted by molar-refractivity contribution is 5.85. The van der Waals surface area contributed by atoms with Crippen molar-refractivity contribution in [2.45, 2.75) is 6.54 Å². The molecule has 108 valence electrons. The van der Waals surface area contributed by atoms with Gasteiger partial charge in [-0.15, -0.1) is 0 Å². The van der Waals surface area contributed by atoms with Crippen molar-refractivity contribution < 1.29 is 19.5 Å². The minimum Gasteiger partial charge on any atom is -0.477 e. The number of hydrogen-bond acceptors (Lipinski definition) is 4. The average molecular weight is 280 g/mol. The summed E-state index contributed by atoms with van der Waals surface area (Å²) in [6, 6.07) is 2.52. The van der Waals surface area contributed by atoms with Gasteiger partial charge in [0.2, 0.25) is 5.91 Å². The molecule has 0 aromatic carbocycles. The molecule has 3 N–H and O–H groups in total. The Hall–Kier alpha value is -2.64. The number of hydrogen-bond donors (Lipinski definition) is 3. The maximum atomic E-state index is 11.7. The summed E-state index contributed by atoms with van der Waals surface area (Å²) in [5.41, 5.74) is 0.605. The molecule has 0 bridgehead atoms. The molecule has 0 saturated heterocycles. The third-order valence-corrected chi connectivity index (χ3v) is 2.49. The van der Waals surface area contributed by atoms with E-state index >= 15 is 0 Å². The summed E-state index contributed by atoms with van der Waals surface area (Å²) in [5.74, 6) is -1.37. The lowest BCUT2D eigenvalue weighted by atomic mass is 10.2. The Bertz CT molecular complexity index is 501. The van der Waals surface area contributed by atoms with Gasteiger partial charge in [-0.3, -0.25) is 4.79 Å². The number of carboxylic acids is 1. The standard InChI is InChI=1S/C12H16N4O4/c1-13-10(17)7-16(2)12(20)15-6-8-3-4-9(11(18)19)14-5-8/h3-5H,6-7H2,1-2H3,(H,13,17)(H,15,20)(H,18,19). The zero-order valence-electron chi connectivity index (χ0n) is 11.2. The Morgan fingerprint density at radius 1 is 1.35 bits per heavy atom. The molecule has 1 aromatic rings. The first-order valence-corrected chi connectivity index (χ1v) is 5.81. The molecule has 0 aliphatic carbocycles. The fourth-order valence-corrected chi connectivity index (χ4v) is 1.33. The van der Waals surface area contributed by atoms with E-state index in [-0.39, 0.29) is 24.7 Å². The van der Waals surface area contributed by atoms with Crippen molar-refractivity contribution in [2.24, 2.45) is 0 Å². The molecule has 1 rings (SSSR count). The van der Waals surface area contributed by atoms with Gasteiger partial charge in [-0.1, -0.05) is 6.07 Å². The van der Waals surface area contributed by atoms with Gasteiger partial charge in [0.1, 0.15) is 12.2 Å². The van der Waals surface area contributed by atoms with Crippen LogP contribution in [0.5, 0.6) is 0 Å². The molecule has 0 spiro atoms. The van der Waals surface area contributed by atoms with Crippen LogP contribution in [0, 0.1) is 0 Å². The highest BCUT2D eigenvalue weighted by Crippen LogP contribution is 2.00. The topological polar surface area (TPSA) is 112 Å². The van der Waals surface area contributed by atoms with Crippen molar-refractivity contribution in [3.05, 3.63) is 29.6 Å². The lowest BCUT2D eigenvalue weighted by Gasteiger charge is -2.16. The lowest BCUT2D eigenvalue weighted by Crippen LogP contribution is -2.42. The maximum Gasteiger partial charge on any atom is 0.354 e. The van der Waals surface area contributed by atoms with Crippen molar-refractivity contribution in [1.29, 1.82) is 0 Å². The highest BCUT2D eigenvalue weighted by Gasteiger charge is 2.11. The first kappa shape index (κ1) is 15.4. The van der Waals surface area contributed by atoms with E-state index in [1.807, 2.05) is 0 Å². The van der Waals surface area contributed by atoms with Gasteiger partial charge in [0, 0.05) is 26.8 Å². The maximum absolute atomic E-state index is 11.7. The fraction of sp³-hybridized carbons (Fsp3) is 0.333. The van der Waals surface area contributed by atoms with Crippen molar-refractivity contribution in [1.82, 2.24) is 20.5 Å². The van der Waals surface area contributed by atoms with E-state index in [9.17, 15) is 14.4 Å². The molecule has 1 aromatic heterocycles. The van der Waals surface area contributed by atoms with E-state index in [1.54, 1.807) is 6.07 Å². The smallest absolute Gasteiger partial charge is 0.354 e. The predicted octanol–water partition coefficient (Wildman–Crippen LogP) is -0.333. The first-order valence-electron chi connectivity index (χ1n) is 5.81. The van der Waals surface area contributed by atoms with Crippen LogP contribution < -0.4 is 10.6 Å². The molecule has 0 fully saturated rings. The summed E-state index contributed by atoms with van der Waals surface area (Å²) in [6.45, 7) is 0.155. The number of carbonyl (C=O) groups is 3. The molecule has 0 radical (unpaired) electrons. The molecular formula is C12H16N4O4. The van der Waals surface area contributed by atoms with Gasteiger partial charge in [-0.25, -0.2) is 14.6 Å². The van der Waals surface area contributed by atoms with Crippen LogP contribution in [0.1, 0.15) is 16.1 Å². The zero-order valence-corrected chi connectivity index (χ0v) is 11.2. The minimum atomic E-state index is -1.11. The Labute approximate surface area is 115 Å². The largest absolute Gasteiger partial charge is 0.477 e. The number of aromatic carboxylic acids is 1. The quantitative estimate of drug-likeness (QED) is 0.683. The normalized spacial score (nSPS) is 9.70. The number of nitrogens with one attached hydrogen (secondary N) is 2. The number of carbonyl (C=O) groups excluding carboxylic acids is 2. The summed E-state index contributed by atoms with van der Waals surface area (Å²) in [6.07, 6.45) is 1.38. The monoisotopic (exact) mass is 280 g/mol. The van der Waals surface area contributed by atoms with E-state index < -0.39 is 12.0 Å². The van der Waals surface area contributed by atoms with Crippen LogP contribution in [-0.4, -0.2) is 53.5 Å². The zero-order chi connectivity index (χ0) is 15.1. The number of carboxylic acid groups (broad SMARTS) is 1. The minimum absolute atomic E-state index is 0.0431. The number of pyridine rings is 1. The first-order chi connectivity index (χ1) is 9.43. The second-order valence-corrected chi connectivity index (χ2v) is 4.04. The molecule has 0 unspecified atom stereocenters. The Balaban J connectivity index is 2.48. The van der Waals surface area contributed by atoms with Crippen LogP contribution in [0.2, 0.25) is 0 Å². The van der Waals surface area contributed by atoms with Crippen LogP contribution in [0.3, 0.4) is 0 Å². The van der Waals surface area contributed by atoms with Gasteiger partial charge in [0.25, 0.3) is 0 Å². The molecule has 0 aliphatic heterocycles. The van der Waals surface area contributed by atoms with E-state index in [0.717, 1.165) is 0 Å². The van der Waals surface area contributed by atoms with E-state index in [0.29, 0.717) is 5.56 Å². The molecule has 3 amide bonds. The molecule has 8 heteroatoms. The van der Waals surface area contributed by atoms with Gasteiger partial charge in [0.05, 0.1) is 0 Å². The SMILES string of the molecule is CNC(=O)CN(C)C(=O)NCc1ccc(C(=O)O)nc1. The average Bonchev–Trinajstić information content (AvgIpc) is 2.44. The van der Waals surface area contributed by atoms with Gasteiger partial charge in [-0.05, 0) is 11.6 Å². The third-order valence-electron chi connectivity index (χ3n) is 2.49. The van der Waals surface area contributed by atoms with Gasteiger partial charge < -0.3 is 20.6 Å². The number of likely N-dealkylation sites (N-methyl/N-ethyl adjacent to an activating group) is 2. The Kier molecular flexibility index (Phi) is 5.45. The summed E-state index contributed by atoms with van der Waals surface area (Å²) < 4.78 is 0. The Morgan fingerprint density at radius 3 is 2.55 bits per heavy atom. The number of rotatable bonds is 5. The third kappa shape index (κ3) is 4.56. The summed E-state index contributed by atoms with van der Waals surface area (Å²) in [4.78, 5) is 38.4. The van der Waals surface area contributed by atoms with Crippen molar-refractivity contribution >= 4 is 17.9 Å². The van der Waals surface area contributed by atoms with Crippen molar-refractivity contribution in [3.63, 3.8) is 0 Å². The van der Waals surface area contributed by atoms with Crippen molar-refractivity contribution in [3.8, 4) is 0 Å². The summed E-state index contributed by atoms with van der Waals surface area (Å²) >= 11 is 0. The van der Waals surface area contributed by atoms with Gasteiger partial charge in [0.15, 0.2) is 0 Å². The molecular weight excluding hydrogens is 264 g/mol. The van der Waals surface area contributed by atoms with E-state index in [1.165, 1.54) is 31.3 Å². The predicted molar refractivity (Wildman–Crippen MR) is 70.1 cm³/mol. The number of urea groups is 1. The van der Waals surface area contributed by atoms with E-state index in [2.05, 4.69) is 15.6 Å². The summed E-state index contributed by atoms with van der Waals surface area (Å²) in [5, 5.41) is 13.7. The Morgan fingerprint density at radius 2 is 2.05 bits per heavy atom. The van der Waals surface area contributed by atoms with Gasteiger partial charge >= 0.3 is 12.0 Å². The molecule has 0 aliphatic rings. The number of amides is 3. The molecule has 0 atom stereocenters. The lowest BCUT2D eigenvalue weighted by molar-refractivity contribution is -0.120. The van der Waals surface area contributed by atoms with Crippen molar-refractivity contribution in [2.75, 3.05) is 20.6 Å². The van der Waals surface area contributed by atoms with Crippen LogP contribution in [0.25, 0.3) is 0 Å². The van der Waals surface area contributed by atoms with Crippen LogP contribution in [-0.2, 0) is 11.3 Å². The highest BCUT2D eigenvalue weighted by atomic mass is 16.4. The van der Waals surface area contributed by atoms with Crippen LogP contribution in [0.4, 0.5) is 4.79 Å². The number of aromatic nitrogens is 1. The van der Waals surface area contributed by atoms with Gasteiger partial charge in [-0.2, -0.15) is 0 Å². The summed E-state index contributed by atoms with van der Waals surface area (Å²) in [7, 11) is 2.99.